The Morgan fingerprint density at radius 2 is 0.960 bits per heavy atom. The molecule has 0 saturated heterocycles. The molecule has 0 amide bonds. The van der Waals surface area contributed by atoms with Gasteiger partial charge in [0.2, 0.25) is 0 Å². The van der Waals surface area contributed by atoms with Gasteiger partial charge < -0.3 is 9.47 Å². The van der Waals surface area contributed by atoms with E-state index in [0.29, 0.717) is 5.41 Å². The van der Waals surface area contributed by atoms with E-state index >= 15 is 0 Å². The van der Waals surface area contributed by atoms with Crippen LogP contribution in [0.1, 0.15) is 30.4 Å². The summed E-state index contributed by atoms with van der Waals surface area (Å²) in [7, 11) is 0. The van der Waals surface area contributed by atoms with Gasteiger partial charge in [-0.25, -0.2) is 0 Å². The second-order valence-corrected chi connectivity index (χ2v) is 22.3. The summed E-state index contributed by atoms with van der Waals surface area (Å²) >= 11 is 0. The first-order valence-electron chi connectivity index (χ1n) is 27.2. The summed E-state index contributed by atoms with van der Waals surface area (Å²) in [6, 6.07) is 95.5. The molecule has 12 aromatic rings. The fraction of sp³-hybridized carbons (Fsp3) is 0.123. The van der Waals surface area contributed by atoms with Crippen LogP contribution >= 0.6 is 0 Å². The molecule has 2 nitrogen and oxygen atoms in total. The molecular weight excluding hydrogens is 905 g/mol. The van der Waals surface area contributed by atoms with Crippen molar-refractivity contribution in [2.45, 2.75) is 24.7 Å². The molecule has 11 aromatic carbocycles. The minimum absolute atomic E-state index is 0.184. The molecule has 354 valence electrons. The van der Waals surface area contributed by atoms with Crippen molar-refractivity contribution in [3.05, 3.63) is 266 Å². The molecule has 0 N–H and O–H groups in total. The van der Waals surface area contributed by atoms with Crippen molar-refractivity contribution in [3.8, 4) is 61.3 Å². The smallest absolute Gasteiger partial charge is 0.0547 e. The molecular formula is C73H52N2. The lowest BCUT2D eigenvalue weighted by molar-refractivity contribution is -0.412. The number of para-hydroxylation sites is 3. The Labute approximate surface area is 437 Å². The van der Waals surface area contributed by atoms with Gasteiger partial charge in [0.05, 0.1) is 16.7 Å². The SMILES string of the molecule is c1ccc(-c2cccc3cccc(-c4ccccc4N(c4ccc(-c5ccc6c(c5)C5(c7ccccc7-6)C6CC7CC8CC5C786)cc4)c4cccc(-c5cccc6c5c5ccccc5n6-c5ccccc5)c4)c23)cc1. The third kappa shape index (κ3) is 5.44. The number of nitrogens with zero attached hydrogens (tertiary/aromatic N) is 2. The van der Waals surface area contributed by atoms with Crippen LogP contribution in [0.15, 0.2) is 255 Å². The third-order valence-corrected chi connectivity index (χ3v) is 19.5. The van der Waals surface area contributed by atoms with Crippen LogP contribution in [-0.2, 0) is 5.41 Å². The summed E-state index contributed by atoms with van der Waals surface area (Å²) < 4.78 is 2.41. The third-order valence-electron chi connectivity index (χ3n) is 19.5. The number of anilines is 3. The average Bonchev–Trinajstić information content (AvgIpc) is 4.06. The number of fused-ring (bicyclic) bond motifs is 11. The molecule has 4 unspecified atom stereocenters. The fourth-order valence-corrected chi connectivity index (χ4v) is 16.6. The van der Waals surface area contributed by atoms with Crippen molar-refractivity contribution in [2.24, 2.45) is 29.1 Å². The molecule has 1 heterocycles. The van der Waals surface area contributed by atoms with Crippen LogP contribution in [0.2, 0.25) is 0 Å². The summed E-state index contributed by atoms with van der Waals surface area (Å²) in [6.45, 7) is 0. The zero-order valence-corrected chi connectivity index (χ0v) is 41.6. The van der Waals surface area contributed by atoms with Crippen molar-refractivity contribution < 1.29 is 0 Å². The minimum Gasteiger partial charge on any atom is -0.310 e. The van der Waals surface area contributed by atoms with E-state index in [1.54, 1.807) is 11.1 Å². The van der Waals surface area contributed by atoms with E-state index in [9.17, 15) is 0 Å². The standard InChI is InChI=1S/C73H52N2/c1-3-17-47(18-4-1)56-28-14-19-48-20-15-30-61(70(48)56)60-26-8-11-32-65(60)74(55-24-13-21-50(41-55)57-29-16-34-67-71(57)62-27-9-12-33-66(62)75(67)53-22-5-2-6-23-53)54-38-35-46(36-39-54)49-37-40-59-58-25-7-10-31-63(58)73(64(59)42-49)68-44-51-43-52-45-69(73)72(51,52)68/h1-42,51-52,68-69H,43-45H2. The van der Waals surface area contributed by atoms with E-state index in [2.05, 4.69) is 264 Å². The number of hydrogen-bond donors (Lipinski definition) is 0. The molecule has 0 bridgehead atoms. The molecule has 4 atom stereocenters. The van der Waals surface area contributed by atoms with Crippen molar-refractivity contribution in [3.63, 3.8) is 0 Å². The first-order valence-corrected chi connectivity index (χ1v) is 27.2. The van der Waals surface area contributed by atoms with Crippen LogP contribution < -0.4 is 4.90 Å². The summed E-state index contributed by atoms with van der Waals surface area (Å²) in [4.78, 5) is 2.50. The molecule has 5 aliphatic carbocycles. The van der Waals surface area contributed by atoms with Crippen molar-refractivity contribution >= 4 is 49.6 Å². The van der Waals surface area contributed by atoms with Gasteiger partial charge >= 0.3 is 0 Å². The number of aromatic nitrogens is 1. The maximum absolute atomic E-state index is 2.62. The van der Waals surface area contributed by atoms with Gasteiger partial charge in [-0.15, -0.1) is 0 Å². The summed E-state index contributed by atoms with van der Waals surface area (Å²) in [5.74, 6) is 3.58. The van der Waals surface area contributed by atoms with Gasteiger partial charge in [-0.05, 0) is 181 Å². The highest BCUT2D eigenvalue weighted by Gasteiger charge is 2.90. The molecule has 2 heteroatoms. The van der Waals surface area contributed by atoms with Crippen LogP contribution in [-0.4, -0.2) is 4.57 Å². The second-order valence-electron chi connectivity index (χ2n) is 22.3. The Morgan fingerprint density at radius 1 is 0.360 bits per heavy atom. The number of hydrogen-bond acceptors (Lipinski definition) is 1. The normalized spacial score (nSPS) is 22.1. The Morgan fingerprint density at radius 3 is 1.76 bits per heavy atom. The summed E-state index contributed by atoms with van der Waals surface area (Å²) in [5, 5.41) is 4.98. The molecule has 1 aromatic heterocycles. The lowest BCUT2D eigenvalue weighted by Gasteiger charge is -2.92. The lowest BCUT2D eigenvalue weighted by atomic mass is 9.11. The fourth-order valence-electron chi connectivity index (χ4n) is 16.6. The van der Waals surface area contributed by atoms with Crippen LogP contribution in [0, 0.1) is 29.1 Å². The molecule has 5 aliphatic rings. The Hall–Kier alpha value is -8.72. The van der Waals surface area contributed by atoms with E-state index in [1.165, 1.54) is 107 Å². The highest BCUT2D eigenvalue weighted by atomic mass is 15.1. The molecule has 4 saturated carbocycles. The van der Waals surface area contributed by atoms with E-state index in [0.717, 1.165) is 46.4 Å². The van der Waals surface area contributed by atoms with Crippen LogP contribution in [0.5, 0.6) is 0 Å². The van der Waals surface area contributed by atoms with Gasteiger partial charge in [0.25, 0.3) is 0 Å². The highest BCUT2D eigenvalue weighted by molar-refractivity contribution is 6.16. The van der Waals surface area contributed by atoms with Crippen molar-refractivity contribution in [1.29, 1.82) is 0 Å². The van der Waals surface area contributed by atoms with Gasteiger partial charge in [0.15, 0.2) is 0 Å². The lowest BCUT2D eigenvalue weighted by Crippen LogP contribution is -2.88. The molecule has 2 spiro atoms. The van der Waals surface area contributed by atoms with Crippen LogP contribution in [0.3, 0.4) is 0 Å². The Balaban J connectivity index is 0.834. The summed E-state index contributed by atoms with van der Waals surface area (Å²) in [6.07, 6.45) is 4.32. The highest BCUT2D eigenvalue weighted by Crippen LogP contribution is 2.94. The zero-order valence-electron chi connectivity index (χ0n) is 41.6. The average molecular weight is 957 g/mol. The molecule has 17 rings (SSSR count). The first kappa shape index (κ1) is 41.7. The van der Waals surface area contributed by atoms with E-state index < -0.39 is 0 Å². The summed E-state index contributed by atoms with van der Waals surface area (Å²) in [5.41, 5.74) is 23.7. The predicted molar refractivity (Wildman–Crippen MR) is 311 cm³/mol. The topological polar surface area (TPSA) is 8.17 Å². The molecule has 4 fully saturated rings. The van der Waals surface area contributed by atoms with Gasteiger partial charge in [0.1, 0.15) is 0 Å². The maximum atomic E-state index is 2.62. The van der Waals surface area contributed by atoms with Crippen LogP contribution in [0.25, 0.3) is 93.9 Å². The number of benzene rings is 11. The van der Waals surface area contributed by atoms with E-state index in [4.69, 9.17) is 0 Å². The van der Waals surface area contributed by atoms with Crippen LogP contribution in [0.4, 0.5) is 17.1 Å². The van der Waals surface area contributed by atoms with Crippen molar-refractivity contribution in [1.82, 2.24) is 4.57 Å². The van der Waals surface area contributed by atoms with E-state index in [-0.39, 0.29) is 5.41 Å². The first-order chi connectivity index (χ1) is 37.2. The van der Waals surface area contributed by atoms with E-state index in [1.807, 2.05) is 0 Å². The molecule has 0 aliphatic heterocycles. The molecule has 0 radical (unpaired) electrons. The van der Waals surface area contributed by atoms with Gasteiger partial charge in [0, 0.05) is 38.8 Å². The monoisotopic (exact) mass is 956 g/mol. The zero-order chi connectivity index (χ0) is 49.0. The maximum Gasteiger partial charge on any atom is 0.0547 e. The van der Waals surface area contributed by atoms with Gasteiger partial charge in [-0.2, -0.15) is 0 Å². The molecule has 75 heavy (non-hydrogen) atoms. The second kappa shape index (κ2) is 15.4. The Bertz CT molecular complexity index is 4290. The van der Waals surface area contributed by atoms with Gasteiger partial charge in [-0.1, -0.05) is 194 Å². The quantitative estimate of drug-likeness (QED) is 0.147. The van der Waals surface area contributed by atoms with Gasteiger partial charge in [-0.3, -0.25) is 0 Å². The number of rotatable bonds is 8. The minimum atomic E-state index is 0.184. The predicted octanol–water partition coefficient (Wildman–Crippen LogP) is 19.0. The van der Waals surface area contributed by atoms with Crippen molar-refractivity contribution in [2.75, 3.05) is 4.90 Å². The largest absolute Gasteiger partial charge is 0.310 e. The Kier molecular flexibility index (Phi) is 8.58.